The van der Waals surface area contributed by atoms with Crippen LogP contribution in [-0.2, 0) is 13.0 Å². The van der Waals surface area contributed by atoms with Crippen LogP contribution in [0.25, 0.3) is 0 Å². The average Bonchev–Trinajstić information content (AvgIpc) is 3.21. The third kappa shape index (κ3) is 3.86. The van der Waals surface area contributed by atoms with E-state index in [1.165, 1.54) is 0 Å². The van der Waals surface area contributed by atoms with Gasteiger partial charge in [-0.05, 0) is 25.0 Å². The molecule has 1 saturated heterocycles. The molecule has 0 aliphatic carbocycles. The van der Waals surface area contributed by atoms with Crippen molar-refractivity contribution in [1.82, 2.24) is 15.3 Å². The zero-order valence-electron chi connectivity index (χ0n) is 13.0. The van der Waals surface area contributed by atoms with Gasteiger partial charge in [-0.3, -0.25) is 4.79 Å². The fourth-order valence-electron chi connectivity index (χ4n) is 2.51. The topological polar surface area (TPSA) is 78.4 Å². The molecule has 0 spiro atoms. The smallest absolute Gasteiger partial charge is 0.253 e. The Balaban J connectivity index is 1.57. The molecule has 0 radical (unpaired) electrons. The van der Waals surface area contributed by atoms with Gasteiger partial charge in [-0.15, -0.1) is 11.3 Å². The second kappa shape index (κ2) is 7.06. The summed E-state index contributed by atoms with van der Waals surface area (Å²) in [4.78, 5) is 22.9. The highest BCUT2D eigenvalue weighted by Gasteiger charge is 2.21. The Morgan fingerprint density at radius 3 is 3.00 bits per heavy atom. The first-order valence-corrected chi connectivity index (χ1v) is 8.64. The molecular weight excluding hydrogens is 312 g/mol. The number of carbonyl (C=O) groups is 1. The Bertz CT molecular complexity index is 671. The van der Waals surface area contributed by atoms with Gasteiger partial charge in [0, 0.05) is 24.7 Å². The Morgan fingerprint density at radius 2 is 2.39 bits per heavy atom. The lowest BCUT2D eigenvalue weighted by Crippen LogP contribution is -2.24. The standard InChI is InChI=1S/C16H20N4O2S/c1-2-12-10-23-15(19-12)8-18-16(22)11-3-4-14(17-7-11)20-6-5-13(21)9-20/h3-4,7,10,13,21H,2,5-6,8-9H2,1H3,(H,18,22). The predicted octanol–water partition coefficient (Wildman–Crippen LogP) is 1.60. The number of anilines is 1. The van der Waals surface area contributed by atoms with Crippen LogP contribution in [0.15, 0.2) is 23.7 Å². The third-order valence-corrected chi connectivity index (χ3v) is 4.76. The summed E-state index contributed by atoms with van der Waals surface area (Å²) < 4.78 is 0. The number of amides is 1. The van der Waals surface area contributed by atoms with Gasteiger partial charge in [0.15, 0.2) is 0 Å². The molecule has 0 saturated carbocycles. The van der Waals surface area contributed by atoms with Gasteiger partial charge in [0.25, 0.3) is 5.91 Å². The van der Waals surface area contributed by atoms with Gasteiger partial charge in [-0.25, -0.2) is 9.97 Å². The van der Waals surface area contributed by atoms with Crippen molar-refractivity contribution < 1.29 is 9.90 Å². The average molecular weight is 332 g/mol. The van der Waals surface area contributed by atoms with Crippen LogP contribution in [-0.4, -0.2) is 40.2 Å². The van der Waals surface area contributed by atoms with Gasteiger partial charge < -0.3 is 15.3 Å². The summed E-state index contributed by atoms with van der Waals surface area (Å²) in [5.74, 6) is 0.643. The van der Waals surface area contributed by atoms with Gasteiger partial charge in [0.1, 0.15) is 10.8 Å². The maximum absolute atomic E-state index is 12.2. The van der Waals surface area contributed by atoms with Crippen LogP contribution in [0.3, 0.4) is 0 Å². The number of aryl methyl sites for hydroxylation is 1. The number of β-amino-alcohol motifs (C(OH)–C–C–N with tert-alkyl or cyclic N) is 1. The minimum absolute atomic E-state index is 0.154. The van der Waals surface area contributed by atoms with E-state index < -0.39 is 0 Å². The van der Waals surface area contributed by atoms with E-state index in [2.05, 4.69) is 22.2 Å². The number of hydrogen-bond acceptors (Lipinski definition) is 6. The van der Waals surface area contributed by atoms with Gasteiger partial charge in [0.05, 0.1) is 23.9 Å². The fraction of sp³-hybridized carbons (Fsp3) is 0.438. The van der Waals surface area contributed by atoms with Gasteiger partial charge in [-0.1, -0.05) is 6.92 Å². The fourth-order valence-corrected chi connectivity index (χ4v) is 3.32. The summed E-state index contributed by atoms with van der Waals surface area (Å²) >= 11 is 1.56. The maximum Gasteiger partial charge on any atom is 0.253 e. The normalized spacial score (nSPS) is 17.5. The van der Waals surface area contributed by atoms with Crippen LogP contribution in [0.4, 0.5) is 5.82 Å². The van der Waals surface area contributed by atoms with Crippen LogP contribution in [0, 0.1) is 0 Å². The molecule has 23 heavy (non-hydrogen) atoms. The summed E-state index contributed by atoms with van der Waals surface area (Å²) in [7, 11) is 0. The van der Waals surface area contributed by atoms with Crippen molar-refractivity contribution in [3.63, 3.8) is 0 Å². The molecule has 1 unspecified atom stereocenters. The number of aliphatic hydroxyl groups excluding tert-OH is 1. The molecule has 2 aromatic rings. The zero-order valence-corrected chi connectivity index (χ0v) is 13.8. The van der Waals surface area contributed by atoms with E-state index in [1.807, 2.05) is 16.3 Å². The summed E-state index contributed by atoms with van der Waals surface area (Å²) in [5.41, 5.74) is 1.58. The number of thiazole rings is 1. The predicted molar refractivity (Wildman–Crippen MR) is 89.7 cm³/mol. The minimum atomic E-state index is -0.286. The van der Waals surface area contributed by atoms with Gasteiger partial charge in [-0.2, -0.15) is 0 Å². The highest BCUT2D eigenvalue weighted by Crippen LogP contribution is 2.18. The number of carbonyl (C=O) groups excluding carboxylic acids is 1. The van der Waals surface area contributed by atoms with Gasteiger partial charge in [0.2, 0.25) is 0 Å². The first-order chi connectivity index (χ1) is 11.2. The Kier molecular flexibility index (Phi) is 4.88. The van der Waals surface area contributed by atoms with E-state index in [0.29, 0.717) is 18.7 Å². The second-order valence-electron chi connectivity index (χ2n) is 5.56. The monoisotopic (exact) mass is 332 g/mol. The van der Waals surface area contributed by atoms with Crippen LogP contribution < -0.4 is 10.2 Å². The molecule has 122 valence electrons. The first kappa shape index (κ1) is 15.9. The van der Waals surface area contributed by atoms with Gasteiger partial charge >= 0.3 is 0 Å². The number of pyridine rings is 1. The van der Waals surface area contributed by atoms with Crippen molar-refractivity contribution in [3.05, 3.63) is 40.0 Å². The first-order valence-electron chi connectivity index (χ1n) is 7.76. The van der Waals surface area contributed by atoms with Crippen molar-refractivity contribution in [1.29, 1.82) is 0 Å². The van der Waals surface area contributed by atoms with Crippen molar-refractivity contribution in [2.24, 2.45) is 0 Å². The Morgan fingerprint density at radius 1 is 1.52 bits per heavy atom. The van der Waals surface area contributed by atoms with Crippen molar-refractivity contribution in [2.75, 3.05) is 18.0 Å². The highest BCUT2D eigenvalue weighted by molar-refractivity contribution is 7.09. The molecule has 6 nitrogen and oxygen atoms in total. The molecule has 3 heterocycles. The molecule has 0 bridgehead atoms. The van der Waals surface area contributed by atoms with Crippen LogP contribution in [0.2, 0.25) is 0 Å². The highest BCUT2D eigenvalue weighted by atomic mass is 32.1. The lowest BCUT2D eigenvalue weighted by molar-refractivity contribution is 0.0950. The SMILES string of the molecule is CCc1csc(CNC(=O)c2ccc(N3CCC(O)C3)nc2)n1. The number of rotatable bonds is 5. The molecule has 3 rings (SSSR count). The van der Waals surface area contributed by atoms with Crippen molar-refractivity contribution in [3.8, 4) is 0 Å². The molecule has 1 amide bonds. The molecule has 7 heteroatoms. The summed E-state index contributed by atoms with van der Waals surface area (Å²) in [6.45, 7) is 3.89. The van der Waals surface area contributed by atoms with Crippen molar-refractivity contribution in [2.45, 2.75) is 32.4 Å². The van der Waals surface area contributed by atoms with E-state index in [9.17, 15) is 9.90 Å². The lowest BCUT2D eigenvalue weighted by atomic mass is 10.2. The van der Waals surface area contributed by atoms with Crippen LogP contribution >= 0.6 is 11.3 Å². The third-order valence-electron chi connectivity index (χ3n) is 3.86. The van der Waals surface area contributed by atoms with Crippen molar-refractivity contribution >= 4 is 23.1 Å². The summed E-state index contributed by atoms with van der Waals surface area (Å²) in [5, 5.41) is 15.4. The molecule has 1 aliphatic rings. The minimum Gasteiger partial charge on any atom is -0.391 e. The molecule has 1 atom stereocenters. The number of aromatic nitrogens is 2. The molecule has 2 N–H and O–H groups in total. The van der Waals surface area contributed by atoms with E-state index in [1.54, 1.807) is 23.6 Å². The van der Waals surface area contributed by atoms with E-state index >= 15 is 0 Å². The maximum atomic E-state index is 12.2. The number of aliphatic hydroxyl groups is 1. The quantitative estimate of drug-likeness (QED) is 0.869. The lowest BCUT2D eigenvalue weighted by Gasteiger charge is -2.16. The largest absolute Gasteiger partial charge is 0.391 e. The second-order valence-corrected chi connectivity index (χ2v) is 6.51. The molecule has 1 aliphatic heterocycles. The molecule has 1 fully saturated rings. The summed E-state index contributed by atoms with van der Waals surface area (Å²) in [6.07, 6.45) is 2.96. The molecular formula is C16H20N4O2S. The van der Waals surface area contributed by atoms with E-state index in [0.717, 1.165) is 35.9 Å². The Hall–Kier alpha value is -1.99. The number of nitrogens with zero attached hydrogens (tertiary/aromatic N) is 3. The molecule has 2 aromatic heterocycles. The number of hydrogen-bond donors (Lipinski definition) is 2. The zero-order chi connectivity index (χ0) is 16.2. The van der Waals surface area contributed by atoms with Crippen LogP contribution in [0.1, 0.15) is 34.4 Å². The molecule has 0 aromatic carbocycles. The number of nitrogens with one attached hydrogen (secondary N) is 1. The van der Waals surface area contributed by atoms with E-state index in [4.69, 9.17) is 0 Å². The van der Waals surface area contributed by atoms with Crippen LogP contribution in [0.5, 0.6) is 0 Å². The Labute approximate surface area is 139 Å². The van der Waals surface area contributed by atoms with E-state index in [-0.39, 0.29) is 12.0 Å². The summed E-state index contributed by atoms with van der Waals surface area (Å²) in [6, 6.07) is 3.59.